The molecule has 0 unspecified atom stereocenters. The van der Waals surface area contributed by atoms with E-state index in [4.69, 9.17) is 9.90 Å². The van der Waals surface area contributed by atoms with Crippen molar-refractivity contribution >= 4 is 16.6 Å². The predicted octanol–water partition coefficient (Wildman–Crippen LogP) is -0.995. The van der Waals surface area contributed by atoms with Gasteiger partial charge < -0.3 is 5.11 Å². The highest BCUT2D eigenvalue weighted by atomic mass is 32.2. The van der Waals surface area contributed by atoms with Crippen molar-refractivity contribution in [2.75, 3.05) is 5.94 Å². The molecule has 48 valence electrons. The number of hydrogen-bond acceptors (Lipinski definition) is 4. The number of carboxylic acid groups (broad SMARTS) is 1. The van der Waals surface area contributed by atoms with Gasteiger partial charge in [0.05, 0.1) is 0 Å². The normalized spacial score (nSPS) is 20.0. The molecule has 1 aliphatic rings. The van der Waals surface area contributed by atoms with Crippen LogP contribution in [0.15, 0.2) is 0 Å². The molecule has 8 heavy (non-hydrogen) atoms. The minimum atomic E-state index is -2.92. The SMILES string of the molecule is O=CO.O=S1(=O)CO1. The third-order valence-electron chi connectivity index (χ3n) is 0.310. The van der Waals surface area contributed by atoms with E-state index in [9.17, 15) is 8.42 Å². The lowest BCUT2D eigenvalue weighted by Gasteiger charge is -1.41. The fraction of sp³-hybridized carbons (Fsp3) is 0.500. The molecular formula is C2H4O5S. The van der Waals surface area contributed by atoms with Gasteiger partial charge in [-0.15, -0.1) is 0 Å². The summed E-state index contributed by atoms with van der Waals surface area (Å²) >= 11 is 0. The maximum absolute atomic E-state index is 9.52. The molecule has 1 aliphatic heterocycles. The van der Waals surface area contributed by atoms with Crippen LogP contribution in [0, 0.1) is 0 Å². The molecule has 6 heteroatoms. The summed E-state index contributed by atoms with van der Waals surface area (Å²) in [5.41, 5.74) is 0. The maximum Gasteiger partial charge on any atom is 0.294 e. The second-order valence-corrected chi connectivity index (χ2v) is 2.49. The number of hydrogen-bond donors (Lipinski definition) is 1. The van der Waals surface area contributed by atoms with Gasteiger partial charge in [0.1, 0.15) is 0 Å². The Morgan fingerprint density at radius 3 is 1.75 bits per heavy atom. The molecule has 1 rings (SSSR count). The molecule has 0 amide bonds. The second kappa shape index (κ2) is 2.63. The summed E-state index contributed by atoms with van der Waals surface area (Å²) in [6.07, 6.45) is 0. The van der Waals surface area contributed by atoms with Gasteiger partial charge >= 0.3 is 0 Å². The van der Waals surface area contributed by atoms with Gasteiger partial charge in [-0.1, -0.05) is 0 Å². The summed E-state index contributed by atoms with van der Waals surface area (Å²) in [6, 6.07) is 0. The molecule has 0 spiro atoms. The number of rotatable bonds is 0. The summed E-state index contributed by atoms with van der Waals surface area (Å²) in [6.45, 7) is -0.250. The van der Waals surface area contributed by atoms with Gasteiger partial charge in [0.25, 0.3) is 16.6 Å². The van der Waals surface area contributed by atoms with Crippen LogP contribution in [-0.4, -0.2) is 25.9 Å². The highest BCUT2D eigenvalue weighted by Crippen LogP contribution is 2.07. The Labute approximate surface area is 46.0 Å². The van der Waals surface area contributed by atoms with E-state index in [2.05, 4.69) is 4.18 Å². The number of carbonyl (C=O) groups is 1. The van der Waals surface area contributed by atoms with Crippen LogP contribution in [0.4, 0.5) is 0 Å². The van der Waals surface area contributed by atoms with Crippen LogP contribution < -0.4 is 0 Å². The van der Waals surface area contributed by atoms with Crippen molar-refractivity contribution in [1.29, 1.82) is 0 Å². The average molecular weight is 140 g/mol. The fourth-order valence-electron chi connectivity index (χ4n) is 0.0393. The van der Waals surface area contributed by atoms with Crippen LogP contribution in [0.5, 0.6) is 0 Å². The van der Waals surface area contributed by atoms with Crippen molar-refractivity contribution in [2.45, 2.75) is 0 Å². The second-order valence-electron chi connectivity index (χ2n) is 0.899. The Bertz CT molecular complexity index is 145. The van der Waals surface area contributed by atoms with Crippen LogP contribution in [0.25, 0.3) is 0 Å². The minimum absolute atomic E-state index is 0.0764. The smallest absolute Gasteiger partial charge is 0.294 e. The molecule has 0 aliphatic carbocycles. The molecule has 1 heterocycles. The Morgan fingerprint density at radius 2 is 1.75 bits per heavy atom. The topological polar surface area (TPSA) is 84.0 Å². The van der Waals surface area contributed by atoms with Crippen LogP contribution in [0.2, 0.25) is 0 Å². The van der Waals surface area contributed by atoms with E-state index >= 15 is 0 Å². The first-order chi connectivity index (χ1) is 3.62. The molecule has 0 saturated carbocycles. The molecule has 1 N–H and O–H groups in total. The van der Waals surface area contributed by atoms with Gasteiger partial charge in [0.15, 0.2) is 5.94 Å². The fourth-order valence-corrected chi connectivity index (χ4v) is 0.354. The van der Waals surface area contributed by atoms with Gasteiger partial charge in [0, 0.05) is 0 Å². The summed E-state index contributed by atoms with van der Waals surface area (Å²) < 4.78 is 22.9. The summed E-state index contributed by atoms with van der Waals surface area (Å²) in [7, 11) is -2.92. The third kappa shape index (κ3) is 5.38. The molecule has 0 bridgehead atoms. The Balaban J connectivity index is 0.000000145. The quantitative estimate of drug-likeness (QED) is 0.345. The molecule has 0 aromatic heterocycles. The van der Waals surface area contributed by atoms with Gasteiger partial charge in [0.2, 0.25) is 0 Å². The van der Waals surface area contributed by atoms with E-state index in [0.717, 1.165) is 0 Å². The van der Waals surface area contributed by atoms with E-state index in [-0.39, 0.29) is 12.4 Å². The van der Waals surface area contributed by atoms with Crippen molar-refractivity contribution in [2.24, 2.45) is 0 Å². The van der Waals surface area contributed by atoms with Crippen molar-refractivity contribution in [3.05, 3.63) is 0 Å². The van der Waals surface area contributed by atoms with Crippen LogP contribution in [-0.2, 0) is 19.1 Å². The first-order valence-electron chi connectivity index (χ1n) is 1.57. The lowest BCUT2D eigenvalue weighted by atomic mass is 11.7. The standard InChI is InChI=1S/CH2O3S.CH2O2/c2-5(3)1-4-5;2-1-3/h1H2;1H,(H,2,3). The molecule has 1 fully saturated rings. The van der Waals surface area contributed by atoms with Gasteiger partial charge in [-0.2, -0.15) is 8.42 Å². The lowest BCUT2D eigenvalue weighted by Crippen LogP contribution is -1.60. The van der Waals surface area contributed by atoms with Crippen molar-refractivity contribution < 1.29 is 22.5 Å². The minimum Gasteiger partial charge on any atom is -0.483 e. The van der Waals surface area contributed by atoms with E-state index < -0.39 is 10.1 Å². The largest absolute Gasteiger partial charge is 0.483 e. The van der Waals surface area contributed by atoms with Crippen LogP contribution in [0.3, 0.4) is 0 Å². The van der Waals surface area contributed by atoms with Crippen molar-refractivity contribution in [3.63, 3.8) is 0 Å². The molecule has 0 atom stereocenters. The van der Waals surface area contributed by atoms with Gasteiger partial charge in [-0.05, 0) is 0 Å². The third-order valence-corrected chi connectivity index (χ3v) is 0.931. The monoisotopic (exact) mass is 140 g/mol. The van der Waals surface area contributed by atoms with E-state index in [0.29, 0.717) is 0 Å². The Kier molecular flexibility index (Phi) is 2.43. The summed E-state index contributed by atoms with van der Waals surface area (Å²) in [4.78, 5) is 8.36. The lowest BCUT2D eigenvalue weighted by molar-refractivity contribution is -0.122. The Morgan fingerprint density at radius 1 is 1.62 bits per heavy atom. The molecule has 0 aromatic carbocycles. The van der Waals surface area contributed by atoms with Gasteiger partial charge in [-0.25, -0.2) is 4.18 Å². The highest BCUT2D eigenvalue weighted by Gasteiger charge is 2.27. The average Bonchev–Trinajstić information content (AvgIpc) is 2.22. The summed E-state index contributed by atoms with van der Waals surface area (Å²) in [5.74, 6) is -0.0764. The first-order valence-corrected chi connectivity index (χ1v) is 3.15. The highest BCUT2D eigenvalue weighted by molar-refractivity contribution is 7.91. The summed E-state index contributed by atoms with van der Waals surface area (Å²) in [5, 5.41) is 6.89. The van der Waals surface area contributed by atoms with E-state index in [1.54, 1.807) is 0 Å². The zero-order chi connectivity index (χ0) is 6.62. The first kappa shape index (κ1) is 7.38. The van der Waals surface area contributed by atoms with Crippen LogP contribution >= 0.6 is 0 Å². The van der Waals surface area contributed by atoms with E-state index in [1.165, 1.54) is 0 Å². The molecule has 5 nitrogen and oxygen atoms in total. The van der Waals surface area contributed by atoms with Crippen molar-refractivity contribution in [1.82, 2.24) is 0 Å². The Hall–Kier alpha value is -0.620. The van der Waals surface area contributed by atoms with Gasteiger partial charge in [-0.3, -0.25) is 4.79 Å². The van der Waals surface area contributed by atoms with Crippen molar-refractivity contribution in [3.8, 4) is 0 Å². The predicted molar refractivity (Wildman–Crippen MR) is 23.6 cm³/mol. The molecule has 0 radical (unpaired) electrons. The molecule has 1 saturated heterocycles. The maximum atomic E-state index is 9.52. The van der Waals surface area contributed by atoms with Crippen LogP contribution in [0.1, 0.15) is 0 Å². The van der Waals surface area contributed by atoms with E-state index in [1.807, 2.05) is 0 Å². The zero-order valence-corrected chi connectivity index (χ0v) is 4.59. The molecular weight excluding hydrogens is 136 g/mol. The molecule has 0 aromatic rings. The zero-order valence-electron chi connectivity index (χ0n) is 3.77.